The van der Waals surface area contributed by atoms with Crippen LogP contribution in [0.3, 0.4) is 0 Å². The third-order valence-electron chi connectivity index (χ3n) is 2.88. The lowest BCUT2D eigenvalue weighted by Gasteiger charge is -2.02. The van der Waals surface area contributed by atoms with Crippen LogP contribution in [-0.2, 0) is 0 Å². The summed E-state index contributed by atoms with van der Waals surface area (Å²) in [7, 11) is 0. The third-order valence-corrected chi connectivity index (χ3v) is 4.04. The van der Waals surface area contributed by atoms with Crippen molar-refractivity contribution in [1.29, 1.82) is 0 Å². The Bertz CT molecular complexity index is 698. The van der Waals surface area contributed by atoms with Crippen LogP contribution in [0, 0.1) is 0 Å². The van der Waals surface area contributed by atoms with Gasteiger partial charge in [-0.15, -0.1) is 11.3 Å². The van der Waals surface area contributed by atoms with Crippen molar-refractivity contribution in [2.75, 3.05) is 0 Å². The summed E-state index contributed by atoms with van der Waals surface area (Å²) < 4.78 is 0. The number of benzene rings is 1. The Balaban J connectivity index is 2.01. The van der Waals surface area contributed by atoms with E-state index < -0.39 is 0 Å². The molecule has 0 radical (unpaired) electrons. The van der Waals surface area contributed by atoms with E-state index in [0.717, 1.165) is 10.4 Å². The van der Waals surface area contributed by atoms with Gasteiger partial charge < -0.3 is 4.98 Å². The molecule has 0 spiro atoms. The minimum Gasteiger partial charge on any atom is -0.366 e. The predicted molar refractivity (Wildman–Crippen MR) is 79.0 cm³/mol. The lowest BCUT2D eigenvalue weighted by atomic mass is 10.0. The molecule has 2 aromatic heterocycles. The van der Waals surface area contributed by atoms with Gasteiger partial charge in [0.05, 0.1) is 0 Å². The summed E-state index contributed by atoms with van der Waals surface area (Å²) in [5, 5.41) is 2.63. The molecular weight excluding hydrogens is 278 g/mol. The summed E-state index contributed by atoms with van der Waals surface area (Å²) in [6.07, 6.45) is 3.60. The maximum Gasteiger partial charge on any atom is 0.195 e. The molecule has 0 atom stereocenters. The Labute approximate surface area is 119 Å². The molecule has 2 nitrogen and oxygen atoms in total. The monoisotopic (exact) mass is 287 g/mol. The second-order valence-corrected chi connectivity index (χ2v) is 5.48. The Morgan fingerprint density at radius 1 is 1.11 bits per heavy atom. The molecule has 0 saturated heterocycles. The molecule has 1 aromatic carbocycles. The van der Waals surface area contributed by atoms with Crippen molar-refractivity contribution in [2.24, 2.45) is 0 Å². The van der Waals surface area contributed by atoms with E-state index in [1.54, 1.807) is 41.8 Å². The van der Waals surface area contributed by atoms with Crippen LogP contribution in [0.25, 0.3) is 10.4 Å². The molecule has 0 aliphatic rings. The van der Waals surface area contributed by atoms with E-state index in [1.807, 2.05) is 23.7 Å². The summed E-state index contributed by atoms with van der Waals surface area (Å²) in [5.41, 5.74) is 2.27. The largest absolute Gasteiger partial charge is 0.366 e. The summed E-state index contributed by atoms with van der Waals surface area (Å²) in [6, 6.07) is 10.9. The zero-order valence-electron chi connectivity index (χ0n) is 9.89. The van der Waals surface area contributed by atoms with E-state index in [0.29, 0.717) is 16.1 Å². The summed E-state index contributed by atoms with van der Waals surface area (Å²) in [6.45, 7) is 0. The SMILES string of the molecule is O=C(c1ccc(Cl)cc1)c1c[nH]cc1-c1cccs1. The maximum atomic E-state index is 12.5. The maximum absolute atomic E-state index is 12.5. The van der Waals surface area contributed by atoms with Crippen molar-refractivity contribution >= 4 is 28.7 Å². The number of ketones is 1. The minimum absolute atomic E-state index is 0.00122. The smallest absolute Gasteiger partial charge is 0.195 e. The van der Waals surface area contributed by atoms with E-state index in [-0.39, 0.29) is 5.78 Å². The lowest BCUT2D eigenvalue weighted by Crippen LogP contribution is -2.00. The zero-order valence-corrected chi connectivity index (χ0v) is 11.5. The zero-order chi connectivity index (χ0) is 13.2. The molecule has 0 aliphatic heterocycles. The molecule has 19 heavy (non-hydrogen) atoms. The summed E-state index contributed by atoms with van der Waals surface area (Å²) in [5.74, 6) is 0.00122. The molecule has 0 bridgehead atoms. The van der Waals surface area contributed by atoms with Crippen LogP contribution in [-0.4, -0.2) is 10.8 Å². The van der Waals surface area contributed by atoms with Crippen LogP contribution in [0.4, 0.5) is 0 Å². The van der Waals surface area contributed by atoms with Gasteiger partial charge in [0.1, 0.15) is 0 Å². The molecular formula is C15H10ClNOS. The summed E-state index contributed by atoms with van der Waals surface area (Å²) >= 11 is 7.45. The van der Waals surface area contributed by atoms with Crippen LogP contribution >= 0.6 is 22.9 Å². The highest BCUT2D eigenvalue weighted by Crippen LogP contribution is 2.29. The first-order valence-corrected chi connectivity index (χ1v) is 7.02. The minimum atomic E-state index is 0.00122. The first-order valence-electron chi connectivity index (χ1n) is 5.76. The molecule has 1 N–H and O–H groups in total. The normalized spacial score (nSPS) is 10.6. The van der Waals surface area contributed by atoms with Crippen LogP contribution < -0.4 is 0 Å². The second-order valence-electron chi connectivity index (χ2n) is 4.10. The molecule has 3 rings (SSSR count). The van der Waals surface area contributed by atoms with Gasteiger partial charge in [-0.05, 0) is 35.7 Å². The number of aromatic nitrogens is 1. The first-order chi connectivity index (χ1) is 9.25. The number of carbonyl (C=O) groups excluding carboxylic acids is 1. The fourth-order valence-electron chi connectivity index (χ4n) is 1.94. The molecule has 4 heteroatoms. The van der Waals surface area contributed by atoms with E-state index >= 15 is 0 Å². The number of nitrogens with one attached hydrogen (secondary N) is 1. The van der Waals surface area contributed by atoms with E-state index in [4.69, 9.17) is 11.6 Å². The molecule has 0 unspecified atom stereocenters. The fourth-order valence-corrected chi connectivity index (χ4v) is 2.83. The van der Waals surface area contributed by atoms with Crippen molar-refractivity contribution in [3.63, 3.8) is 0 Å². The summed E-state index contributed by atoms with van der Waals surface area (Å²) in [4.78, 5) is 16.6. The number of hydrogen-bond acceptors (Lipinski definition) is 2. The Hall–Kier alpha value is -1.84. The van der Waals surface area contributed by atoms with Gasteiger partial charge in [-0.3, -0.25) is 4.79 Å². The third kappa shape index (κ3) is 2.35. The van der Waals surface area contributed by atoms with Crippen molar-refractivity contribution < 1.29 is 4.79 Å². The van der Waals surface area contributed by atoms with Gasteiger partial charge in [0.15, 0.2) is 5.78 Å². The van der Waals surface area contributed by atoms with Gasteiger partial charge in [-0.1, -0.05) is 17.7 Å². The van der Waals surface area contributed by atoms with E-state index in [1.165, 1.54) is 0 Å². The van der Waals surface area contributed by atoms with E-state index in [2.05, 4.69) is 4.98 Å². The van der Waals surface area contributed by atoms with Gasteiger partial charge in [0.2, 0.25) is 0 Å². The van der Waals surface area contributed by atoms with Crippen LogP contribution in [0.1, 0.15) is 15.9 Å². The Kier molecular flexibility index (Phi) is 3.23. The number of halogens is 1. The van der Waals surface area contributed by atoms with Gasteiger partial charge in [0.25, 0.3) is 0 Å². The van der Waals surface area contributed by atoms with Gasteiger partial charge >= 0.3 is 0 Å². The van der Waals surface area contributed by atoms with Crippen molar-refractivity contribution in [3.05, 3.63) is 70.3 Å². The van der Waals surface area contributed by atoms with Crippen LogP contribution in [0.5, 0.6) is 0 Å². The fraction of sp³-hybridized carbons (Fsp3) is 0. The highest BCUT2D eigenvalue weighted by atomic mass is 35.5. The first kappa shape index (κ1) is 12.2. The number of thiophene rings is 1. The molecule has 0 saturated carbocycles. The highest BCUT2D eigenvalue weighted by Gasteiger charge is 2.16. The number of H-pyrrole nitrogens is 1. The van der Waals surface area contributed by atoms with E-state index in [9.17, 15) is 4.79 Å². The van der Waals surface area contributed by atoms with Crippen LogP contribution in [0.2, 0.25) is 5.02 Å². The molecule has 2 heterocycles. The van der Waals surface area contributed by atoms with Gasteiger partial charge in [-0.25, -0.2) is 0 Å². The number of rotatable bonds is 3. The van der Waals surface area contributed by atoms with Crippen molar-refractivity contribution in [3.8, 4) is 10.4 Å². The topological polar surface area (TPSA) is 32.9 Å². The van der Waals surface area contributed by atoms with Gasteiger partial charge in [0, 0.05) is 39.0 Å². The lowest BCUT2D eigenvalue weighted by molar-refractivity contribution is 0.103. The predicted octanol–water partition coefficient (Wildman–Crippen LogP) is 4.63. The number of hydrogen-bond donors (Lipinski definition) is 1. The highest BCUT2D eigenvalue weighted by molar-refractivity contribution is 7.13. The van der Waals surface area contributed by atoms with Crippen LogP contribution in [0.15, 0.2) is 54.2 Å². The Morgan fingerprint density at radius 3 is 2.58 bits per heavy atom. The molecule has 0 aliphatic carbocycles. The second kappa shape index (κ2) is 5.03. The standard InChI is InChI=1S/C15H10ClNOS/c16-11-5-3-10(4-6-11)15(18)13-9-17-8-12(13)14-2-1-7-19-14/h1-9,17H. The molecule has 3 aromatic rings. The number of carbonyl (C=O) groups is 1. The Morgan fingerprint density at radius 2 is 1.89 bits per heavy atom. The van der Waals surface area contributed by atoms with Crippen molar-refractivity contribution in [2.45, 2.75) is 0 Å². The molecule has 94 valence electrons. The quantitative estimate of drug-likeness (QED) is 0.700. The molecule has 0 amide bonds. The average Bonchev–Trinajstić information content (AvgIpc) is 3.09. The van der Waals surface area contributed by atoms with Crippen molar-refractivity contribution in [1.82, 2.24) is 4.98 Å². The average molecular weight is 288 g/mol. The number of aromatic amines is 1. The van der Waals surface area contributed by atoms with Gasteiger partial charge in [-0.2, -0.15) is 0 Å². The molecule has 0 fully saturated rings.